The monoisotopic (exact) mass is 299 g/mol. The highest BCUT2D eigenvalue weighted by Crippen LogP contribution is 2.30. The molecule has 0 atom stereocenters. The molecule has 5 nitrogen and oxygen atoms in total. The van der Waals surface area contributed by atoms with E-state index < -0.39 is 0 Å². The molecule has 3 heterocycles. The number of hydrogen-bond donors (Lipinski definition) is 1. The predicted molar refractivity (Wildman–Crippen MR) is 92.9 cm³/mol. The Bertz CT molecular complexity index is 760. The Morgan fingerprint density at radius 3 is 2.64 bits per heavy atom. The Hall–Kier alpha value is -2.17. The van der Waals surface area contributed by atoms with Crippen LogP contribution in [0.5, 0.6) is 0 Å². The van der Waals surface area contributed by atoms with Gasteiger partial charge in [-0.3, -0.25) is 4.68 Å². The van der Waals surface area contributed by atoms with Crippen molar-refractivity contribution in [2.24, 2.45) is 0 Å². The van der Waals surface area contributed by atoms with Crippen LogP contribution in [0.1, 0.15) is 46.2 Å². The van der Waals surface area contributed by atoms with Gasteiger partial charge in [0, 0.05) is 29.2 Å². The first-order valence-electron chi connectivity index (χ1n) is 8.15. The van der Waals surface area contributed by atoms with Gasteiger partial charge in [-0.25, -0.2) is 9.97 Å². The summed E-state index contributed by atoms with van der Waals surface area (Å²) in [5.74, 6) is 0.471. The van der Waals surface area contributed by atoms with Gasteiger partial charge in [-0.2, -0.15) is 5.10 Å². The number of aryl methyl sites for hydroxylation is 2. The Morgan fingerprint density at radius 1 is 1.18 bits per heavy atom. The minimum atomic E-state index is 0.471. The minimum Gasteiger partial charge on any atom is -0.382 e. The molecule has 22 heavy (non-hydrogen) atoms. The van der Waals surface area contributed by atoms with Crippen LogP contribution in [0.15, 0.2) is 18.3 Å². The lowest BCUT2D eigenvalue weighted by atomic mass is 10.1. The maximum absolute atomic E-state index is 6.07. The number of nitrogen functional groups attached to an aromatic ring is 1. The van der Waals surface area contributed by atoms with E-state index in [2.05, 4.69) is 33.6 Å². The lowest BCUT2D eigenvalue weighted by Gasteiger charge is -2.06. The summed E-state index contributed by atoms with van der Waals surface area (Å²) in [4.78, 5) is 8.69. The first-order valence-corrected chi connectivity index (χ1v) is 8.15. The topological polar surface area (TPSA) is 69.6 Å². The Balaban J connectivity index is 0.000000847. The van der Waals surface area contributed by atoms with E-state index in [4.69, 9.17) is 5.73 Å². The molecule has 0 amide bonds. The number of fused-ring (bicyclic) bond motifs is 3. The van der Waals surface area contributed by atoms with Crippen LogP contribution in [0.2, 0.25) is 0 Å². The third-order valence-corrected chi connectivity index (χ3v) is 3.50. The molecular weight excluding hydrogens is 274 g/mol. The zero-order valence-electron chi connectivity index (χ0n) is 13.9. The van der Waals surface area contributed by atoms with Gasteiger partial charge in [0.15, 0.2) is 11.5 Å². The van der Waals surface area contributed by atoms with Crippen molar-refractivity contribution in [1.82, 2.24) is 19.7 Å². The second-order valence-corrected chi connectivity index (χ2v) is 5.02. The van der Waals surface area contributed by atoms with Crippen molar-refractivity contribution in [3.63, 3.8) is 0 Å². The van der Waals surface area contributed by atoms with Crippen LogP contribution < -0.4 is 5.73 Å². The Morgan fingerprint density at radius 2 is 1.95 bits per heavy atom. The summed E-state index contributed by atoms with van der Waals surface area (Å²) in [5.41, 5.74) is 8.82. The summed E-state index contributed by atoms with van der Waals surface area (Å²) in [7, 11) is 0. The van der Waals surface area contributed by atoms with Crippen molar-refractivity contribution in [1.29, 1.82) is 0 Å². The molecule has 0 aliphatic rings. The van der Waals surface area contributed by atoms with Gasteiger partial charge < -0.3 is 5.73 Å². The summed E-state index contributed by atoms with van der Waals surface area (Å²) in [6, 6.07) is 3.99. The van der Waals surface area contributed by atoms with Gasteiger partial charge in [-0.1, -0.05) is 34.1 Å². The average molecular weight is 299 g/mol. The Labute approximate surface area is 131 Å². The lowest BCUT2D eigenvalue weighted by molar-refractivity contribution is 0.576. The van der Waals surface area contributed by atoms with Crippen LogP contribution >= 0.6 is 0 Å². The average Bonchev–Trinajstić information content (AvgIpc) is 2.90. The third kappa shape index (κ3) is 2.75. The summed E-state index contributed by atoms with van der Waals surface area (Å²) in [6.45, 7) is 9.24. The molecule has 0 unspecified atom stereocenters. The molecular formula is C17H25N5. The molecule has 0 saturated carbocycles. The van der Waals surface area contributed by atoms with Gasteiger partial charge >= 0.3 is 0 Å². The minimum absolute atomic E-state index is 0.471. The number of rotatable bonds is 4. The van der Waals surface area contributed by atoms with Crippen LogP contribution in [0.25, 0.3) is 21.9 Å². The fourth-order valence-corrected chi connectivity index (χ4v) is 2.69. The number of pyridine rings is 2. The quantitative estimate of drug-likeness (QED) is 0.792. The van der Waals surface area contributed by atoms with E-state index in [1.807, 2.05) is 26.0 Å². The Kier molecular flexibility index (Phi) is 5.31. The van der Waals surface area contributed by atoms with Gasteiger partial charge in [0.05, 0.1) is 0 Å². The molecule has 0 aliphatic carbocycles. The number of nitrogens with zero attached hydrogens (tertiary/aromatic N) is 4. The van der Waals surface area contributed by atoms with Crippen molar-refractivity contribution >= 4 is 27.8 Å². The molecule has 5 heteroatoms. The third-order valence-electron chi connectivity index (χ3n) is 3.50. The van der Waals surface area contributed by atoms with Gasteiger partial charge in [-0.15, -0.1) is 0 Å². The highest BCUT2D eigenvalue weighted by Gasteiger charge is 2.17. The highest BCUT2D eigenvalue weighted by molar-refractivity contribution is 6.08. The molecule has 0 saturated heterocycles. The molecule has 0 spiro atoms. The zero-order valence-corrected chi connectivity index (χ0v) is 13.9. The van der Waals surface area contributed by atoms with Gasteiger partial charge in [0.1, 0.15) is 5.52 Å². The summed E-state index contributed by atoms with van der Waals surface area (Å²) >= 11 is 0. The van der Waals surface area contributed by atoms with E-state index in [1.165, 1.54) is 5.69 Å². The van der Waals surface area contributed by atoms with E-state index in [-0.39, 0.29) is 0 Å². The lowest BCUT2D eigenvalue weighted by Crippen LogP contribution is -2.04. The molecule has 0 radical (unpaired) electrons. The van der Waals surface area contributed by atoms with Gasteiger partial charge in [0.2, 0.25) is 0 Å². The van der Waals surface area contributed by atoms with Crippen molar-refractivity contribution < 1.29 is 0 Å². The number of anilines is 1. The molecule has 2 N–H and O–H groups in total. The standard InChI is InChI=1S/C15H19N5.C2H6/c1-3-6-11-12-10-7-5-8-17-15(10)18-14(16)13(12)19-20(11)9-4-2;1-2/h5,7-8H,3-4,6,9H2,1-2H3,(H2,16,17,18);1-2H3. The van der Waals surface area contributed by atoms with E-state index in [9.17, 15) is 0 Å². The zero-order chi connectivity index (χ0) is 16.1. The summed E-state index contributed by atoms with van der Waals surface area (Å²) in [5, 5.41) is 6.84. The SMILES string of the molecule is CC.CCCc1c2c(nn1CCC)c(N)nc1ncccc12. The van der Waals surface area contributed by atoms with Gasteiger partial charge in [-0.05, 0) is 25.0 Å². The fraction of sp³-hybridized carbons (Fsp3) is 0.471. The second kappa shape index (κ2) is 7.20. The van der Waals surface area contributed by atoms with E-state index >= 15 is 0 Å². The molecule has 118 valence electrons. The molecule has 0 bridgehead atoms. The molecule has 3 aromatic rings. The molecule has 0 aromatic carbocycles. The summed E-state index contributed by atoms with van der Waals surface area (Å²) < 4.78 is 2.08. The highest BCUT2D eigenvalue weighted by atomic mass is 15.3. The van der Waals surface area contributed by atoms with Gasteiger partial charge in [0.25, 0.3) is 0 Å². The van der Waals surface area contributed by atoms with E-state index in [0.29, 0.717) is 11.5 Å². The molecule has 3 aromatic heterocycles. The predicted octanol–water partition coefficient (Wildman–Crippen LogP) is 3.95. The van der Waals surface area contributed by atoms with Crippen molar-refractivity contribution in [3.8, 4) is 0 Å². The smallest absolute Gasteiger partial charge is 0.162 e. The maximum Gasteiger partial charge on any atom is 0.162 e. The van der Waals surface area contributed by atoms with E-state index in [0.717, 1.165) is 42.1 Å². The van der Waals surface area contributed by atoms with Crippen LogP contribution in [-0.2, 0) is 13.0 Å². The van der Waals surface area contributed by atoms with E-state index in [1.54, 1.807) is 6.20 Å². The van der Waals surface area contributed by atoms with Crippen LogP contribution in [0, 0.1) is 0 Å². The molecule has 0 fully saturated rings. The first-order chi connectivity index (χ1) is 10.8. The maximum atomic E-state index is 6.07. The molecule has 3 rings (SSSR count). The largest absolute Gasteiger partial charge is 0.382 e. The number of hydrogen-bond acceptors (Lipinski definition) is 4. The van der Waals surface area contributed by atoms with Crippen molar-refractivity contribution in [2.75, 3.05) is 5.73 Å². The normalized spacial score (nSPS) is 10.7. The molecule has 0 aliphatic heterocycles. The number of nitrogens with two attached hydrogens (primary N) is 1. The summed E-state index contributed by atoms with van der Waals surface area (Å²) in [6.07, 6.45) is 4.86. The number of aromatic nitrogens is 4. The van der Waals surface area contributed by atoms with Crippen molar-refractivity contribution in [2.45, 2.75) is 53.5 Å². The second-order valence-electron chi connectivity index (χ2n) is 5.02. The first kappa shape index (κ1) is 16.2. The van der Waals surface area contributed by atoms with Crippen molar-refractivity contribution in [3.05, 3.63) is 24.0 Å². The van der Waals surface area contributed by atoms with Crippen LogP contribution in [0.3, 0.4) is 0 Å². The van der Waals surface area contributed by atoms with Crippen LogP contribution in [0.4, 0.5) is 5.82 Å². The van der Waals surface area contributed by atoms with Crippen LogP contribution in [-0.4, -0.2) is 19.7 Å². The fourth-order valence-electron chi connectivity index (χ4n) is 2.69.